The molecule has 0 saturated carbocycles. The summed E-state index contributed by atoms with van der Waals surface area (Å²) in [6.45, 7) is 7.73. The lowest BCUT2D eigenvalue weighted by atomic mass is 10.1. The summed E-state index contributed by atoms with van der Waals surface area (Å²) < 4.78 is 0. The Labute approximate surface area is 153 Å². The first-order chi connectivity index (χ1) is 12.2. The van der Waals surface area contributed by atoms with Crippen LogP contribution in [0, 0.1) is 0 Å². The summed E-state index contributed by atoms with van der Waals surface area (Å²) >= 11 is 0. The molecule has 1 heterocycles. The molecular formula is C19H26N6O. The van der Waals surface area contributed by atoms with Crippen molar-refractivity contribution >= 4 is 23.4 Å². The second kappa shape index (κ2) is 7.86. The fraction of sp³-hybridized carbons (Fsp3) is 0.316. The quantitative estimate of drug-likeness (QED) is 0.498. The summed E-state index contributed by atoms with van der Waals surface area (Å²) in [6, 6.07) is 10.7. The topological polar surface area (TPSA) is 118 Å². The second-order valence-corrected chi connectivity index (χ2v) is 7.06. The van der Waals surface area contributed by atoms with Crippen LogP contribution >= 0.6 is 0 Å². The highest BCUT2D eigenvalue weighted by Gasteiger charge is 2.14. The molecule has 0 aliphatic heterocycles. The monoisotopic (exact) mass is 354 g/mol. The highest BCUT2D eigenvalue weighted by atomic mass is 16.2. The first kappa shape index (κ1) is 19.2. The maximum atomic E-state index is 12.2. The number of aromatic nitrogens is 1. The molecule has 2 rings (SSSR count). The van der Waals surface area contributed by atoms with Crippen molar-refractivity contribution in [1.82, 2.24) is 10.3 Å². The van der Waals surface area contributed by atoms with Crippen molar-refractivity contribution in [2.24, 2.45) is 10.7 Å². The molecule has 7 nitrogen and oxygen atoms in total. The van der Waals surface area contributed by atoms with Gasteiger partial charge in [-0.1, -0.05) is 30.3 Å². The third-order valence-electron chi connectivity index (χ3n) is 3.56. The van der Waals surface area contributed by atoms with Crippen molar-refractivity contribution < 1.29 is 4.79 Å². The van der Waals surface area contributed by atoms with E-state index in [2.05, 4.69) is 20.6 Å². The largest absolute Gasteiger partial charge is 0.398 e. The molecule has 0 spiro atoms. The minimum atomic E-state index is -0.364. The lowest BCUT2D eigenvalue weighted by Gasteiger charge is -2.16. The fourth-order valence-electron chi connectivity index (χ4n) is 2.35. The summed E-state index contributed by atoms with van der Waals surface area (Å²) in [4.78, 5) is 20.7. The number of nitrogens with two attached hydrogens (primary N) is 2. The molecule has 0 bridgehead atoms. The van der Waals surface area contributed by atoms with E-state index in [1.807, 2.05) is 58.0 Å². The van der Waals surface area contributed by atoms with Crippen LogP contribution < -0.4 is 22.1 Å². The molecule has 0 radical (unpaired) electrons. The number of nitrogens with zero attached hydrogens (tertiary/aromatic N) is 2. The molecule has 0 unspecified atom stereocenters. The van der Waals surface area contributed by atoms with Crippen molar-refractivity contribution in [3.63, 3.8) is 0 Å². The van der Waals surface area contributed by atoms with E-state index in [9.17, 15) is 4.79 Å². The molecule has 7 heteroatoms. The summed E-state index contributed by atoms with van der Waals surface area (Å²) in [5.74, 6) is 0.656. The first-order valence-corrected chi connectivity index (χ1v) is 8.39. The van der Waals surface area contributed by atoms with Crippen LogP contribution in [0.3, 0.4) is 0 Å². The number of nitrogen functional groups attached to an aromatic ring is 1. The Hall–Kier alpha value is -3.09. The Balaban J connectivity index is 2.05. The molecule has 6 N–H and O–H groups in total. The molecule has 0 saturated heterocycles. The summed E-state index contributed by atoms with van der Waals surface area (Å²) in [5, 5.41) is 5.53. The predicted molar refractivity (Wildman–Crippen MR) is 106 cm³/mol. The van der Waals surface area contributed by atoms with E-state index in [4.69, 9.17) is 11.5 Å². The van der Waals surface area contributed by atoms with Crippen molar-refractivity contribution in [3.8, 4) is 0 Å². The molecule has 26 heavy (non-hydrogen) atoms. The van der Waals surface area contributed by atoms with Gasteiger partial charge in [0.25, 0.3) is 0 Å². The highest BCUT2D eigenvalue weighted by molar-refractivity contribution is 6.02. The van der Waals surface area contributed by atoms with Crippen molar-refractivity contribution in [2.45, 2.75) is 39.3 Å². The van der Waals surface area contributed by atoms with Crippen LogP contribution in [-0.4, -0.2) is 22.4 Å². The smallest absolute Gasteiger partial charge is 0.320 e. The molecule has 2 amide bonds. The Morgan fingerprint density at radius 1 is 1.23 bits per heavy atom. The van der Waals surface area contributed by atoms with Crippen molar-refractivity contribution in [1.29, 1.82) is 0 Å². The van der Waals surface area contributed by atoms with E-state index in [0.717, 1.165) is 5.56 Å². The van der Waals surface area contributed by atoms with Gasteiger partial charge in [0.05, 0.1) is 17.1 Å². The van der Waals surface area contributed by atoms with Gasteiger partial charge in [0, 0.05) is 18.0 Å². The van der Waals surface area contributed by atoms with Gasteiger partial charge < -0.3 is 16.8 Å². The Bertz CT molecular complexity index is 795. The zero-order chi connectivity index (χ0) is 19.3. The number of aliphatic imine (C=N–C) groups is 1. The fourth-order valence-corrected chi connectivity index (χ4v) is 2.35. The molecule has 1 aromatic carbocycles. The molecule has 0 fully saturated rings. The lowest BCUT2D eigenvalue weighted by molar-refractivity contribution is 0.249. The number of anilines is 2. The van der Waals surface area contributed by atoms with Gasteiger partial charge in [-0.05, 0) is 33.3 Å². The van der Waals surface area contributed by atoms with E-state index in [1.54, 1.807) is 6.07 Å². The maximum Gasteiger partial charge on any atom is 0.320 e. The lowest BCUT2D eigenvalue weighted by Crippen LogP contribution is -2.31. The number of carbonyl (C=O) groups excluding carboxylic acids is 1. The number of nitrogens with one attached hydrogen (secondary N) is 2. The minimum Gasteiger partial charge on any atom is -0.398 e. The van der Waals surface area contributed by atoms with E-state index in [1.165, 1.54) is 6.20 Å². The number of pyridine rings is 1. The summed E-state index contributed by atoms with van der Waals surface area (Å²) in [5.41, 5.74) is 13.7. The van der Waals surface area contributed by atoms with Crippen LogP contribution in [0.15, 0.2) is 47.6 Å². The van der Waals surface area contributed by atoms with Gasteiger partial charge in [-0.3, -0.25) is 10.3 Å². The molecule has 0 aliphatic carbocycles. The molecule has 1 aromatic heterocycles. The van der Waals surface area contributed by atoms with Crippen LogP contribution in [0.4, 0.5) is 16.3 Å². The third kappa shape index (κ3) is 5.47. The van der Waals surface area contributed by atoms with E-state index in [0.29, 0.717) is 22.9 Å². The summed E-state index contributed by atoms with van der Waals surface area (Å²) in [6.07, 6.45) is 1.51. The Morgan fingerprint density at radius 2 is 1.88 bits per heavy atom. The minimum absolute atomic E-state index is 0.137. The van der Waals surface area contributed by atoms with Gasteiger partial charge in [0.1, 0.15) is 11.7 Å². The van der Waals surface area contributed by atoms with E-state index >= 15 is 0 Å². The highest BCUT2D eigenvalue weighted by Crippen LogP contribution is 2.17. The molecule has 1 atom stereocenters. The van der Waals surface area contributed by atoms with Gasteiger partial charge in [-0.2, -0.15) is 0 Å². The van der Waals surface area contributed by atoms with Crippen LogP contribution in [0.1, 0.15) is 44.9 Å². The Morgan fingerprint density at radius 3 is 2.46 bits per heavy atom. The average molecular weight is 354 g/mol. The zero-order valence-corrected chi connectivity index (χ0v) is 15.6. The number of hydrogen-bond donors (Lipinski definition) is 4. The second-order valence-electron chi connectivity index (χ2n) is 7.06. The SMILES string of the molecule is C[C@@H](NC(=O)Nc1cc(N)c(C(N)=NC(C)(C)C)cn1)c1ccccc1. The first-order valence-electron chi connectivity index (χ1n) is 8.39. The molecule has 138 valence electrons. The number of urea groups is 1. The van der Waals surface area contributed by atoms with Crippen molar-refractivity contribution in [2.75, 3.05) is 11.1 Å². The van der Waals surface area contributed by atoms with Crippen molar-refractivity contribution in [3.05, 3.63) is 53.7 Å². The van der Waals surface area contributed by atoms with Gasteiger partial charge in [-0.25, -0.2) is 9.78 Å². The van der Waals surface area contributed by atoms with Gasteiger partial charge >= 0.3 is 6.03 Å². The maximum absolute atomic E-state index is 12.2. The number of rotatable bonds is 4. The van der Waals surface area contributed by atoms with Gasteiger partial charge in [0.2, 0.25) is 0 Å². The van der Waals surface area contributed by atoms with Crippen LogP contribution in [0.25, 0.3) is 0 Å². The molecular weight excluding hydrogens is 328 g/mol. The molecule has 0 aliphatic rings. The van der Waals surface area contributed by atoms with Gasteiger partial charge in [-0.15, -0.1) is 0 Å². The number of amides is 2. The van der Waals surface area contributed by atoms with Crippen LogP contribution in [0.2, 0.25) is 0 Å². The summed E-state index contributed by atoms with van der Waals surface area (Å²) in [7, 11) is 0. The normalized spacial score (nSPS) is 13.2. The van der Waals surface area contributed by atoms with Gasteiger partial charge in [0.15, 0.2) is 0 Å². The van der Waals surface area contributed by atoms with Crippen LogP contribution in [-0.2, 0) is 0 Å². The predicted octanol–water partition coefficient (Wildman–Crippen LogP) is 3.05. The number of amidine groups is 1. The Kier molecular flexibility index (Phi) is 5.82. The van der Waals surface area contributed by atoms with E-state index in [-0.39, 0.29) is 17.6 Å². The van der Waals surface area contributed by atoms with E-state index < -0.39 is 0 Å². The standard InChI is InChI=1S/C19H26N6O/c1-12(13-8-6-5-7-9-13)23-18(26)24-16-10-15(20)14(11-22-16)17(21)25-19(2,3)4/h5-12H,1-4H3,(H2,21,25)(H4,20,22,23,24,26)/t12-/m1/s1. The zero-order valence-electron chi connectivity index (χ0n) is 15.6. The number of hydrogen-bond acceptors (Lipinski definition) is 4. The van der Waals surface area contributed by atoms with Crippen LogP contribution in [0.5, 0.6) is 0 Å². The third-order valence-corrected chi connectivity index (χ3v) is 3.56. The number of benzene rings is 1. The average Bonchev–Trinajstić information content (AvgIpc) is 2.53. The number of carbonyl (C=O) groups is 1. The molecule has 2 aromatic rings.